The van der Waals surface area contributed by atoms with E-state index in [9.17, 15) is 0 Å². The van der Waals surface area contributed by atoms with Crippen LogP contribution in [0.5, 0.6) is 0 Å². The lowest BCUT2D eigenvalue weighted by molar-refractivity contribution is 1.07. The Hall–Kier alpha value is -7.18. The topological polar surface area (TPSA) is 77.3 Å². The van der Waals surface area contributed by atoms with Crippen molar-refractivity contribution in [2.24, 2.45) is 0 Å². The van der Waals surface area contributed by atoms with Crippen molar-refractivity contribution in [3.63, 3.8) is 0 Å². The molecule has 0 saturated carbocycles. The van der Waals surface area contributed by atoms with Gasteiger partial charge in [0.05, 0.1) is 16.9 Å². The van der Waals surface area contributed by atoms with Crippen LogP contribution in [0.15, 0.2) is 182 Å². The maximum absolute atomic E-state index is 5.00. The molecule has 0 spiro atoms. The summed E-state index contributed by atoms with van der Waals surface area (Å²) in [6, 6.07) is 59.4. The smallest absolute Gasteiger partial charge is 0.165 e. The minimum atomic E-state index is 0.575. The third kappa shape index (κ3) is 6.32. The van der Waals surface area contributed by atoms with Crippen LogP contribution < -0.4 is 0 Å². The minimum absolute atomic E-state index is 0.575. The molecule has 6 aromatic carbocycles. The molecule has 6 heteroatoms. The van der Waals surface area contributed by atoms with Gasteiger partial charge in [-0.1, -0.05) is 152 Å². The summed E-state index contributed by atoms with van der Waals surface area (Å²) in [4.78, 5) is 29.5. The Balaban J connectivity index is 1.08. The second-order valence-corrected chi connectivity index (χ2v) is 12.4. The molecule has 0 amide bonds. The van der Waals surface area contributed by atoms with E-state index in [1.54, 1.807) is 0 Å². The molecule has 0 aliphatic heterocycles. The lowest BCUT2D eigenvalue weighted by Crippen LogP contribution is -2.00. The molecule has 6 nitrogen and oxygen atoms in total. The SMILES string of the molecule is c1ccc(-c2cc(-c3ccc(-c4cccc(-c5nc(-c6ccccc6)nc(-c6cnc7ccccc7c6)n5)c4)cc3)nc(-c3ccccc3)n2)cc1. The Morgan fingerprint density at radius 1 is 0.269 bits per heavy atom. The number of hydrogen-bond acceptors (Lipinski definition) is 6. The zero-order valence-electron chi connectivity index (χ0n) is 28.0. The van der Waals surface area contributed by atoms with Crippen molar-refractivity contribution in [3.05, 3.63) is 182 Å². The molecular formula is C46H30N6. The van der Waals surface area contributed by atoms with Crippen molar-refractivity contribution in [2.45, 2.75) is 0 Å². The molecule has 0 N–H and O–H groups in total. The van der Waals surface area contributed by atoms with Gasteiger partial charge in [0.2, 0.25) is 0 Å². The molecule has 0 bridgehead atoms. The van der Waals surface area contributed by atoms with Gasteiger partial charge in [-0.2, -0.15) is 0 Å². The summed E-state index contributed by atoms with van der Waals surface area (Å²) in [5, 5.41) is 1.03. The third-order valence-electron chi connectivity index (χ3n) is 8.98. The summed E-state index contributed by atoms with van der Waals surface area (Å²) in [6.45, 7) is 0. The van der Waals surface area contributed by atoms with Crippen LogP contribution in [-0.4, -0.2) is 29.9 Å². The summed E-state index contributed by atoms with van der Waals surface area (Å²) in [5.74, 6) is 2.47. The summed E-state index contributed by atoms with van der Waals surface area (Å²) < 4.78 is 0. The largest absolute Gasteiger partial charge is 0.255 e. The van der Waals surface area contributed by atoms with E-state index in [-0.39, 0.29) is 0 Å². The van der Waals surface area contributed by atoms with Gasteiger partial charge in [0, 0.05) is 45.0 Å². The second kappa shape index (κ2) is 13.6. The molecule has 0 aliphatic rings. The van der Waals surface area contributed by atoms with Crippen LogP contribution in [0.1, 0.15) is 0 Å². The number of hydrogen-bond donors (Lipinski definition) is 0. The summed E-state index contributed by atoms with van der Waals surface area (Å²) >= 11 is 0. The molecule has 3 aromatic heterocycles. The van der Waals surface area contributed by atoms with Gasteiger partial charge < -0.3 is 0 Å². The number of fused-ring (bicyclic) bond motifs is 1. The molecule has 0 atom stereocenters. The normalized spacial score (nSPS) is 11.1. The highest BCUT2D eigenvalue weighted by Crippen LogP contribution is 2.32. The number of para-hydroxylation sites is 1. The van der Waals surface area contributed by atoms with Gasteiger partial charge in [0.1, 0.15) is 0 Å². The summed E-state index contributed by atoms with van der Waals surface area (Å²) in [7, 11) is 0. The van der Waals surface area contributed by atoms with E-state index >= 15 is 0 Å². The fourth-order valence-corrected chi connectivity index (χ4v) is 6.28. The predicted octanol–water partition coefficient (Wildman–Crippen LogP) is 10.9. The van der Waals surface area contributed by atoms with Crippen molar-refractivity contribution >= 4 is 10.9 Å². The minimum Gasteiger partial charge on any atom is -0.255 e. The van der Waals surface area contributed by atoms with E-state index in [0.29, 0.717) is 23.3 Å². The monoisotopic (exact) mass is 666 g/mol. The number of rotatable bonds is 7. The Morgan fingerprint density at radius 2 is 0.731 bits per heavy atom. The van der Waals surface area contributed by atoms with Gasteiger partial charge in [-0.05, 0) is 35.4 Å². The lowest BCUT2D eigenvalue weighted by Gasteiger charge is -2.11. The Bertz CT molecular complexity index is 2600. The molecule has 9 rings (SSSR count). The first kappa shape index (κ1) is 30.8. The highest BCUT2D eigenvalue weighted by molar-refractivity contribution is 5.83. The highest BCUT2D eigenvalue weighted by Gasteiger charge is 2.15. The van der Waals surface area contributed by atoms with Gasteiger partial charge in [-0.15, -0.1) is 0 Å². The average molecular weight is 667 g/mol. The van der Waals surface area contributed by atoms with Crippen LogP contribution in [-0.2, 0) is 0 Å². The molecule has 0 fully saturated rings. The van der Waals surface area contributed by atoms with E-state index in [0.717, 1.165) is 66.8 Å². The Morgan fingerprint density at radius 3 is 1.38 bits per heavy atom. The van der Waals surface area contributed by atoms with Gasteiger partial charge in [0.25, 0.3) is 0 Å². The fourth-order valence-electron chi connectivity index (χ4n) is 6.28. The third-order valence-corrected chi connectivity index (χ3v) is 8.98. The van der Waals surface area contributed by atoms with Crippen molar-refractivity contribution in [1.29, 1.82) is 0 Å². The Kier molecular flexibility index (Phi) is 8.08. The van der Waals surface area contributed by atoms with Gasteiger partial charge in [-0.25, -0.2) is 24.9 Å². The number of pyridine rings is 1. The van der Waals surface area contributed by atoms with E-state index in [2.05, 4.69) is 71.7 Å². The average Bonchev–Trinajstić information content (AvgIpc) is 3.24. The van der Waals surface area contributed by atoms with Crippen LogP contribution in [0.25, 0.3) is 90.1 Å². The van der Waals surface area contributed by atoms with Crippen molar-refractivity contribution in [1.82, 2.24) is 29.9 Å². The predicted molar refractivity (Wildman–Crippen MR) is 209 cm³/mol. The maximum atomic E-state index is 5.00. The Labute approximate surface area is 301 Å². The van der Waals surface area contributed by atoms with Crippen LogP contribution in [0.2, 0.25) is 0 Å². The second-order valence-electron chi connectivity index (χ2n) is 12.4. The summed E-state index contributed by atoms with van der Waals surface area (Å²) in [5.41, 5.74) is 10.5. The molecule has 244 valence electrons. The quantitative estimate of drug-likeness (QED) is 0.168. The number of nitrogens with zero attached hydrogens (tertiary/aromatic N) is 6. The van der Waals surface area contributed by atoms with Crippen LogP contribution in [0.3, 0.4) is 0 Å². The molecule has 0 aliphatic carbocycles. The molecule has 0 radical (unpaired) electrons. The van der Waals surface area contributed by atoms with E-state index in [4.69, 9.17) is 24.9 Å². The van der Waals surface area contributed by atoms with Crippen molar-refractivity contribution in [3.8, 4) is 79.2 Å². The van der Waals surface area contributed by atoms with Crippen LogP contribution in [0.4, 0.5) is 0 Å². The standard InChI is InChI=1S/C46H30N6/c1-4-13-32(14-5-1)41-29-42(49-43(48-41)34-15-6-2-7-16-34)33-25-23-31(24-26-33)36-20-12-21-38(27-36)45-50-44(35-17-8-3-9-18-35)51-46(52-45)39-28-37-19-10-11-22-40(37)47-30-39/h1-30H. The molecule has 0 saturated heterocycles. The fraction of sp³-hybridized carbons (Fsp3) is 0. The molecular weight excluding hydrogens is 637 g/mol. The van der Waals surface area contributed by atoms with E-state index < -0.39 is 0 Å². The molecule has 3 heterocycles. The van der Waals surface area contributed by atoms with Crippen molar-refractivity contribution in [2.75, 3.05) is 0 Å². The first-order valence-electron chi connectivity index (χ1n) is 17.1. The van der Waals surface area contributed by atoms with Crippen molar-refractivity contribution < 1.29 is 0 Å². The van der Waals surface area contributed by atoms with Gasteiger partial charge in [0.15, 0.2) is 23.3 Å². The zero-order chi connectivity index (χ0) is 34.7. The maximum Gasteiger partial charge on any atom is 0.165 e. The lowest BCUT2D eigenvalue weighted by atomic mass is 10.00. The van der Waals surface area contributed by atoms with Crippen LogP contribution >= 0.6 is 0 Å². The summed E-state index contributed by atoms with van der Waals surface area (Å²) in [6.07, 6.45) is 1.83. The van der Waals surface area contributed by atoms with Gasteiger partial charge >= 0.3 is 0 Å². The highest BCUT2D eigenvalue weighted by atomic mass is 15.0. The van der Waals surface area contributed by atoms with Crippen LogP contribution in [0, 0.1) is 0 Å². The molecule has 52 heavy (non-hydrogen) atoms. The first-order chi connectivity index (χ1) is 25.7. The zero-order valence-corrected chi connectivity index (χ0v) is 28.0. The number of aromatic nitrogens is 6. The van der Waals surface area contributed by atoms with E-state index in [1.165, 1.54) is 0 Å². The molecule has 0 unspecified atom stereocenters. The molecule has 9 aromatic rings. The van der Waals surface area contributed by atoms with Gasteiger partial charge in [-0.3, -0.25) is 4.98 Å². The number of benzene rings is 6. The first-order valence-corrected chi connectivity index (χ1v) is 17.1. The van der Waals surface area contributed by atoms with E-state index in [1.807, 2.05) is 115 Å².